The molecular weight excluding hydrogens is 152 g/mol. The highest BCUT2D eigenvalue weighted by Gasteiger charge is 2.15. The summed E-state index contributed by atoms with van der Waals surface area (Å²) in [5, 5.41) is 5.50. The van der Waals surface area contributed by atoms with E-state index >= 15 is 0 Å². The molecule has 3 heteroatoms. The van der Waals surface area contributed by atoms with Crippen LogP contribution in [-0.4, -0.2) is 5.91 Å². The van der Waals surface area contributed by atoms with Crippen LogP contribution in [0.2, 0.25) is 0 Å². The summed E-state index contributed by atoms with van der Waals surface area (Å²) >= 11 is 0. The molecule has 0 aliphatic carbocycles. The average Bonchev–Trinajstić information content (AvgIpc) is 1.94. The van der Waals surface area contributed by atoms with Gasteiger partial charge in [-0.25, -0.2) is 0 Å². The summed E-state index contributed by atoms with van der Waals surface area (Å²) in [7, 11) is 0. The number of carbonyl (C=O) groups excluding carboxylic acids is 1. The van der Waals surface area contributed by atoms with Crippen molar-refractivity contribution < 1.29 is 4.79 Å². The molecule has 0 aromatic rings. The molecule has 1 aliphatic rings. The van der Waals surface area contributed by atoms with Crippen molar-refractivity contribution in [2.24, 2.45) is 5.92 Å². The van der Waals surface area contributed by atoms with Crippen LogP contribution in [0.15, 0.2) is 24.2 Å². The third kappa shape index (κ3) is 2.12. The van der Waals surface area contributed by atoms with Crippen LogP contribution in [0.25, 0.3) is 0 Å². The summed E-state index contributed by atoms with van der Waals surface area (Å²) in [5.41, 5.74) is 0.789. The first-order valence-electron chi connectivity index (χ1n) is 4.05. The smallest absolute Gasteiger partial charge is 0.254 e. The lowest BCUT2D eigenvalue weighted by Crippen LogP contribution is -2.35. The molecule has 0 saturated carbocycles. The summed E-state index contributed by atoms with van der Waals surface area (Å²) in [5.74, 6) is 1.01. The normalized spacial score (nSPS) is 17.1. The minimum Gasteiger partial charge on any atom is -0.348 e. The van der Waals surface area contributed by atoms with Crippen LogP contribution in [0.1, 0.15) is 20.3 Å². The topological polar surface area (TPSA) is 41.1 Å². The van der Waals surface area contributed by atoms with Crippen LogP contribution in [-0.2, 0) is 4.79 Å². The molecule has 0 bridgehead atoms. The summed E-state index contributed by atoms with van der Waals surface area (Å²) in [6.45, 7) is 7.75. The van der Waals surface area contributed by atoms with E-state index < -0.39 is 0 Å². The van der Waals surface area contributed by atoms with Crippen molar-refractivity contribution >= 4 is 5.91 Å². The van der Waals surface area contributed by atoms with E-state index in [1.54, 1.807) is 6.20 Å². The van der Waals surface area contributed by atoms with Crippen molar-refractivity contribution in [1.29, 1.82) is 0 Å². The third-order valence-corrected chi connectivity index (χ3v) is 1.60. The Morgan fingerprint density at radius 2 is 2.25 bits per heavy atom. The second kappa shape index (κ2) is 3.43. The highest BCUT2D eigenvalue weighted by atomic mass is 16.1. The van der Waals surface area contributed by atoms with Crippen molar-refractivity contribution in [3.8, 4) is 0 Å². The van der Waals surface area contributed by atoms with Gasteiger partial charge in [0.25, 0.3) is 5.91 Å². The SMILES string of the molecule is C=C1NC=C(CC(C)C)C(=O)N1. The van der Waals surface area contributed by atoms with E-state index in [0.29, 0.717) is 11.7 Å². The van der Waals surface area contributed by atoms with Crippen LogP contribution in [0.5, 0.6) is 0 Å². The standard InChI is InChI=1S/C9H14N2O/c1-6(2)4-8-5-10-7(3)11-9(8)12/h5-6,10H,3-4H2,1-2H3,(H,11,12). The molecule has 3 nitrogen and oxygen atoms in total. The molecule has 0 atom stereocenters. The summed E-state index contributed by atoms with van der Waals surface area (Å²) in [6.07, 6.45) is 2.52. The summed E-state index contributed by atoms with van der Waals surface area (Å²) < 4.78 is 0. The van der Waals surface area contributed by atoms with Gasteiger partial charge < -0.3 is 10.6 Å². The molecule has 66 valence electrons. The van der Waals surface area contributed by atoms with Crippen LogP contribution in [0, 0.1) is 5.92 Å². The Balaban J connectivity index is 2.64. The number of carbonyl (C=O) groups is 1. The number of nitrogens with one attached hydrogen (secondary N) is 2. The predicted molar refractivity (Wildman–Crippen MR) is 48.0 cm³/mol. The fourth-order valence-electron chi connectivity index (χ4n) is 1.08. The van der Waals surface area contributed by atoms with Crippen LogP contribution >= 0.6 is 0 Å². The Bertz CT molecular complexity index is 241. The fourth-order valence-corrected chi connectivity index (χ4v) is 1.08. The lowest BCUT2D eigenvalue weighted by Gasteiger charge is -2.17. The van der Waals surface area contributed by atoms with Gasteiger partial charge in [0.1, 0.15) is 5.82 Å². The maximum absolute atomic E-state index is 11.3. The molecule has 1 heterocycles. The Morgan fingerprint density at radius 3 is 2.75 bits per heavy atom. The molecule has 1 rings (SSSR count). The van der Waals surface area contributed by atoms with Gasteiger partial charge in [-0.15, -0.1) is 0 Å². The van der Waals surface area contributed by atoms with Gasteiger partial charge in [0, 0.05) is 11.8 Å². The van der Waals surface area contributed by atoms with Crippen molar-refractivity contribution in [2.45, 2.75) is 20.3 Å². The number of hydrogen-bond acceptors (Lipinski definition) is 2. The second-order valence-electron chi connectivity index (χ2n) is 3.34. The Morgan fingerprint density at radius 1 is 1.58 bits per heavy atom. The lowest BCUT2D eigenvalue weighted by atomic mass is 10.0. The maximum Gasteiger partial charge on any atom is 0.254 e. The van der Waals surface area contributed by atoms with Crippen LogP contribution in [0.3, 0.4) is 0 Å². The zero-order valence-electron chi connectivity index (χ0n) is 7.48. The van der Waals surface area contributed by atoms with Crippen molar-refractivity contribution in [2.75, 3.05) is 0 Å². The zero-order valence-corrected chi connectivity index (χ0v) is 7.48. The van der Waals surface area contributed by atoms with E-state index in [-0.39, 0.29) is 5.91 Å². The zero-order chi connectivity index (χ0) is 9.14. The lowest BCUT2D eigenvalue weighted by molar-refractivity contribution is -0.117. The van der Waals surface area contributed by atoms with Crippen molar-refractivity contribution in [3.05, 3.63) is 24.2 Å². The quantitative estimate of drug-likeness (QED) is 0.645. The van der Waals surface area contributed by atoms with Gasteiger partial charge in [-0.1, -0.05) is 20.4 Å². The van der Waals surface area contributed by atoms with Crippen LogP contribution in [0.4, 0.5) is 0 Å². The minimum absolute atomic E-state index is 0.0348. The molecule has 0 saturated heterocycles. The monoisotopic (exact) mass is 166 g/mol. The molecule has 0 unspecified atom stereocenters. The first kappa shape index (κ1) is 8.84. The van der Waals surface area contributed by atoms with Gasteiger partial charge in [-0.2, -0.15) is 0 Å². The first-order chi connectivity index (χ1) is 5.59. The first-order valence-corrected chi connectivity index (χ1v) is 4.05. The Kier molecular flexibility index (Phi) is 2.53. The second-order valence-corrected chi connectivity index (χ2v) is 3.34. The van der Waals surface area contributed by atoms with Gasteiger partial charge in [-0.05, 0) is 12.3 Å². The molecule has 2 N–H and O–H groups in total. The largest absolute Gasteiger partial charge is 0.348 e. The highest BCUT2D eigenvalue weighted by Crippen LogP contribution is 2.12. The van der Waals surface area contributed by atoms with Gasteiger partial charge in [0.15, 0.2) is 0 Å². The molecule has 12 heavy (non-hydrogen) atoms. The molecular formula is C9H14N2O. The van der Waals surface area contributed by atoms with Crippen molar-refractivity contribution in [1.82, 2.24) is 10.6 Å². The van der Waals surface area contributed by atoms with E-state index in [1.165, 1.54) is 0 Å². The van der Waals surface area contributed by atoms with E-state index in [4.69, 9.17) is 0 Å². The molecule has 0 aromatic heterocycles. The number of rotatable bonds is 2. The van der Waals surface area contributed by atoms with Gasteiger partial charge in [0.05, 0.1) is 0 Å². The molecule has 0 aromatic carbocycles. The van der Waals surface area contributed by atoms with E-state index in [1.807, 2.05) is 0 Å². The van der Waals surface area contributed by atoms with Gasteiger partial charge in [0.2, 0.25) is 0 Å². The van der Waals surface area contributed by atoms with Gasteiger partial charge >= 0.3 is 0 Å². The fraction of sp³-hybridized carbons (Fsp3) is 0.444. The molecule has 0 spiro atoms. The maximum atomic E-state index is 11.3. The number of hydrogen-bond donors (Lipinski definition) is 2. The Hall–Kier alpha value is -1.25. The molecule has 1 aliphatic heterocycles. The van der Waals surface area contributed by atoms with Gasteiger partial charge in [-0.3, -0.25) is 4.79 Å². The highest BCUT2D eigenvalue weighted by molar-refractivity contribution is 5.95. The summed E-state index contributed by atoms with van der Waals surface area (Å²) in [6, 6.07) is 0. The van der Waals surface area contributed by atoms with E-state index in [2.05, 4.69) is 31.1 Å². The predicted octanol–water partition coefficient (Wildman–Crippen LogP) is 1.11. The summed E-state index contributed by atoms with van der Waals surface area (Å²) in [4.78, 5) is 11.3. The molecule has 0 radical (unpaired) electrons. The molecule has 0 fully saturated rings. The van der Waals surface area contributed by atoms with E-state index in [9.17, 15) is 4.79 Å². The third-order valence-electron chi connectivity index (χ3n) is 1.60. The van der Waals surface area contributed by atoms with Crippen LogP contribution < -0.4 is 10.6 Å². The van der Waals surface area contributed by atoms with E-state index in [0.717, 1.165) is 12.0 Å². The Labute approximate surface area is 72.5 Å². The van der Waals surface area contributed by atoms with Crippen molar-refractivity contribution in [3.63, 3.8) is 0 Å². The minimum atomic E-state index is -0.0348. The number of amides is 1. The average molecular weight is 166 g/mol. The molecule has 1 amide bonds.